The second-order valence-electron chi connectivity index (χ2n) is 5.48. The zero-order chi connectivity index (χ0) is 17.5. The molecule has 0 aliphatic rings. The Morgan fingerprint density at radius 1 is 1.33 bits per heavy atom. The van der Waals surface area contributed by atoms with Crippen LogP contribution in [0.1, 0.15) is 25.3 Å². The van der Waals surface area contributed by atoms with Crippen LogP contribution in [0.15, 0.2) is 30.9 Å². The minimum Gasteiger partial charge on any atom is -0.490 e. The third-order valence-corrected chi connectivity index (χ3v) is 4.08. The largest absolute Gasteiger partial charge is 0.490 e. The van der Waals surface area contributed by atoms with Gasteiger partial charge < -0.3 is 9.64 Å². The van der Waals surface area contributed by atoms with E-state index in [2.05, 4.69) is 11.9 Å². The number of aromatic nitrogens is 2. The number of amides is 1. The van der Waals surface area contributed by atoms with Gasteiger partial charge in [0.05, 0.1) is 11.6 Å². The molecule has 0 unspecified atom stereocenters. The SMILES string of the molecule is CCCCN(CCOc1c(C)cc(Cl)cc1Cl)C(=O)n1ccnc1. The van der Waals surface area contributed by atoms with Crippen LogP contribution in [0.3, 0.4) is 0 Å². The number of nitrogens with zero attached hydrogens (tertiary/aromatic N) is 3. The van der Waals surface area contributed by atoms with Gasteiger partial charge in [-0.15, -0.1) is 0 Å². The number of unbranched alkanes of at least 4 members (excludes halogenated alkanes) is 1. The number of halogens is 2. The quantitative estimate of drug-likeness (QED) is 0.713. The molecule has 130 valence electrons. The van der Waals surface area contributed by atoms with Gasteiger partial charge in [-0.05, 0) is 31.0 Å². The minimum absolute atomic E-state index is 0.108. The first-order chi connectivity index (χ1) is 11.5. The predicted octanol–water partition coefficient (Wildman–Crippen LogP) is 4.65. The van der Waals surface area contributed by atoms with Gasteiger partial charge in [0.1, 0.15) is 18.7 Å². The lowest BCUT2D eigenvalue weighted by molar-refractivity contribution is 0.182. The molecule has 0 aliphatic carbocycles. The average Bonchev–Trinajstić information content (AvgIpc) is 3.06. The molecular weight excluding hydrogens is 349 g/mol. The normalized spacial score (nSPS) is 10.7. The van der Waals surface area contributed by atoms with Crippen LogP contribution in [-0.2, 0) is 0 Å². The van der Waals surface area contributed by atoms with Gasteiger partial charge in [0, 0.05) is 24.0 Å². The first-order valence-corrected chi connectivity index (χ1v) is 8.64. The molecule has 5 nitrogen and oxygen atoms in total. The summed E-state index contributed by atoms with van der Waals surface area (Å²) in [5, 5.41) is 1.05. The number of hydrogen-bond acceptors (Lipinski definition) is 3. The van der Waals surface area contributed by atoms with Crippen molar-refractivity contribution in [3.8, 4) is 5.75 Å². The van der Waals surface area contributed by atoms with Crippen molar-refractivity contribution in [3.05, 3.63) is 46.5 Å². The molecule has 1 aromatic carbocycles. The summed E-state index contributed by atoms with van der Waals surface area (Å²) in [7, 11) is 0. The maximum absolute atomic E-state index is 12.5. The zero-order valence-electron chi connectivity index (χ0n) is 13.8. The van der Waals surface area contributed by atoms with E-state index >= 15 is 0 Å². The fraction of sp³-hybridized carbons (Fsp3) is 0.412. The molecule has 0 aliphatic heterocycles. The van der Waals surface area contributed by atoms with Crippen molar-refractivity contribution in [1.82, 2.24) is 14.5 Å². The maximum atomic E-state index is 12.5. The minimum atomic E-state index is -0.108. The molecule has 2 rings (SSSR count). The van der Waals surface area contributed by atoms with E-state index in [4.69, 9.17) is 27.9 Å². The molecule has 0 saturated carbocycles. The molecule has 7 heteroatoms. The molecule has 0 spiro atoms. The molecule has 0 N–H and O–H groups in total. The predicted molar refractivity (Wildman–Crippen MR) is 96.2 cm³/mol. The lowest BCUT2D eigenvalue weighted by Crippen LogP contribution is -2.38. The molecule has 0 radical (unpaired) electrons. The number of aryl methyl sites for hydroxylation is 1. The van der Waals surface area contributed by atoms with Crippen molar-refractivity contribution >= 4 is 29.2 Å². The van der Waals surface area contributed by atoms with Gasteiger partial charge in [-0.2, -0.15) is 0 Å². The molecule has 0 fully saturated rings. The summed E-state index contributed by atoms with van der Waals surface area (Å²) in [6.07, 6.45) is 6.67. The highest BCUT2D eigenvalue weighted by molar-refractivity contribution is 6.35. The summed E-state index contributed by atoms with van der Waals surface area (Å²) in [6.45, 7) is 5.47. The summed E-state index contributed by atoms with van der Waals surface area (Å²) in [5.41, 5.74) is 0.869. The van der Waals surface area contributed by atoms with Crippen molar-refractivity contribution in [2.45, 2.75) is 26.7 Å². The van der Waals surface area contributed by atoms with Gasteiger partial charge in [0.25, 0.3) is 0 Å². The molecule has 0 bridgehead atoms. The van der Waals surface area contributed by atoms with Crippen molar-refractivity contribution in [3.63, 3.8) is 0 Å². The lowest BCUT2D eigenvalue weighted by Gasteiger charge is -2.23. The fourth-order valence-corrected chi connectivity index (χ4v) is 2.97. The molecular formula is C17H21Cl2N3O2. The standard InChI is InChI=1S/C17H21Cl2N3O2/c1-3-4-6-21(17(23)22-7-5-20-12-22)8-9-24-16-13(2)10-14(18)11-15(16)19/h5,7,10-12H,3-4,6,8-9H2,1-2H3. The topological polar surface area (TPSA) is 47.4 Å². The van der Waals surface area contributed by atoms with Crippen LogP contribution >= 0.6 is 23.2 Å². The van der Waals surface area contributed by atoms with Gasteiger partial charge in [0.2, 0.25) is 0 Å². The van der Waals surface area contributed by atoms with Gasteiger partial charge in [0.15, 0.2) is 0 Å². The van der Waals surface area contributed by atoms with Gasteiger partial charge in [-0.1, -0.05) is 36.5 Å². The Hall–Kier alpha value is -1.72. The second kappa shape index (κ2) is 8.94. The van der Waals surface area contributed by atoms with Crippen molar-refractivity contribution < 1.29 is 9.53 Å². The van der Waals surface area contributed by atoms with Gasteiger partial charge >= 0.3 is 6.03 Å². The van der Waals surface area contributed by atoms with Crippen LogP contribution in [0.5, 0.6) is 5.75 Å². The number of hydrogen-bond donors (Lipinski definition) is 0. The van der Waals surface area contributed by atoms with Crippen molar-refractivity contribution in [1.29, 1.82) is 0 Å². The van der Waals surface area contributed by atoms with E-state index in [0.717, 1.165) is 18.4 Å². The highest BCUT2D eigenvalue weighted by Crippen LogP contribution is 2.31. The van der Waals surface area contributed by atoms with Crippen LogP contribution in [0.25, 0.3) is 0 Å². The van der Waals surface area contributed by atoms with Crippen molar-refractivity contribution in [2.75, 3.05) is 19.7 Å². The van der Waals surface area contributed by atoms with Crippen LogP contribution in [-0.4, -0.2) is 40.2 Å². The molecule has 1 amide bonds. The number of benzene rings is 1. The van der Waals surface area contributed by atoms with E-state index < -0.39 is 0 Å². The average molecular weight is 370 g/mol. The number of rotatable bonds is 7. The Bertz CT molecular complexity index is 651. The molecule has 1 heterocycles. The van der Waals surface area contributed by atoms with Crippen LogP contribution in [0.4, 0.5) is 4.79 Å². The smallest absolute Gasteiger partial charge is 0.329 e. The van der Waals surface area contributed by atoms with E-state index in [1.54, 1.807) is 29.4 Å². The molecule has 2 aromatic rings. The summed E-state index contributed by atoms with van der Waals surface area (Å²) in [4.78, 5) is 18.2. The molecule has 0 saturated heterocycles. The first-order valence-electron chi connectivity index (χ1n) is 7.88. The highest BCUT2D eigenvalue weighted by atomic mass is 35.5. The highest BCUT2D eigenvalue weighted by Gasteiger charge is 2.15. The maximum Gasteiger partial charge on any atom is 0.329 e. The van der Waals surface area contributed by atoms with Gasteiger partial charge in [-0.25, -0.2) is 9.78 Å². The first kappa shape index (κ1) is 18.6. The van der Waals surface area contributed by atoms with Crippen LogP contribution in [0, 0.1) is 6.92 Å². The Balaban J connectivity index is 1.99. The number of carbonyl (C=O) groups excluding carboxylic acids is 1. The zero-order valence-corrected chi connectivity index (χ0v) is 15.3. The van der Waals surface area contributed by atoms with E-state index in [0.29, 0.717) is 35.5 Å². The molecule has 24 heavy (non-hydrogen) atoms. The van der Waals surface area contributed by atoms with E-state index in [9.17, 15) is 4.79 Å². The Labute approximate surface area is 152 Å². The fourth-order valence-electron chi connectivity index (χ4n) is 2.32. The van der Waals surface area contributed by atoms with Crippen molar-refractivity contribution in [2.24, 2.45) is 0 Å². The number of carbonyl (C=O) groups is 1. The molecule has 1 aromatic heterocycles. The third kappa shape index (κ3) is 4.89. The monoisotopic (exact) mass is 369 g/mol. The van der Waals surface area contributed by atoms with Gasteiger partial charge in [-0.3, -0.25) is 4.57 Å². The lowest BCUT2D eigenvalue weighted by atomic mass is 10.2. The van der Waals surface area contributed by atoms with Crippen LogP contribution < -0.4 is 4.74 Å². The summed E-state index contributed by atoms with van der Waals surface area (Å²) in [6, 6.07) is 3.34. The molecule has 0 atom stereocenters. The Morgan fingerprint density at radius 3 is 2.75 bits per heavy atom. The number of ether oxygens (including phenoxy) is 1. The summed E-state index contributed by atoms with van der Waals surface area (Å²) >= 11 is 12.1. The summed E-state index contributed by atoms with van der Waals surface area (Å²) in [5.74, 6) is 0.603. The Kier molecular flexibility index (Phi) is 6.94. The van der Waals surface area contributed by atoms with Crippen LogP contribution in [0.2, 0.25) is 10.0 Å². The summed E-state index contributed by atoms with van der Waals surface area (Å²) < 4.78 is 7.26. The van der Waals surface area contributed by atoms with E-state index in [-0.39, 0.29) is 6.03 Å². The van der Waals surface area contributed by atoms with E-state index in [1.165, 1.54) is 10.9 Å². The van der Waals surface area contributed by atoms with E-state index in [1.807, 2.05) is 6.92 Å². The second-order valence-corrected chi connectivity index (χ2v) is 6.32. The third-order valence-electron chi connectivity index (χ3n) is 3.58. The number of imidazole rings is 1. The Morgan fingerprint density at radius 2 is 2.12 bits per heavy atom.